The molecular formula is C6H5BrO4. The molecule has 0 aliphatic carbocycles. The van der Waals surface area contributed by atoms with E-state index in [4.69, 9.17) is 20.4 Å². The van der Waals surface area contributed by atoms with Crippen molar-refractivity contribution in [3.05, 3.63) is 10.5 Å². The molecule has 4 nitrogen and oxygen atoms in total. The Morgan fingerprint density at radius 3 is 2.00 bits per heavy atom. The number of aromatic hydroxyl groups is 4. The molecule has 5 heteroatoms. The normalized spacial score (nSPS) is 9.91. The van der Waals surface area contributed by atoms with Crippen molar-refractivity contribution in [3.63, 3.8) is 0 Å². The second kappa shape index (κ2) is 2.50. The first-order valence-corrected chi connectivity index (χ1v) is 3.45. The topological polar surface area (TPSA) is 80.9 Å². The minimum absolute atomic E-state index is 0.0483. The van der Waals surface area contributed by atoms with Crippen molar-refractivity contribution < 1.29 is 20.4 Å². The zero-order chi connectivity index (χ0) is 8.59. The van der Waals surface area contributed by atoms with Gasteiger partial charge in [0, 0.05) is 6.07 Å². The van der Waals surface area contributed by atoms with E-state index in [1.54, 1.807) is 0 Å². The van der Waals surface area contributed by atoms with Crippen molar-refractivity contribution in [2.75, 3.05) is 0 Å². The molecule has 0 aliphatic heterocycles. The third-order valence-corrected chi connectivity index (χ3v) is 1.95. The largest absolute Gasteiger partial charge is 0.506 e. The summed E-state index contributed by atoms with van der Waals surface area (Å²) in [5.41, 5.74) is 0. The number of phenolic OH excluding ortho intramolecular Hbond substituents is 4. The lowest BCUT2D eigenvalue weighted by Crippen LogP contribution is -1.74. The fourth-order valence-corrected chi connectivity index (χ4v) is 0.910. The number of hydrogen-bond acceptors (Lipinski definition) is 4. The lowest BCUT2D eigenvalue weighted by molar-refractivity contribution is 0.358. The van der Waals surface area contributed by atoms with Gasteiger partial charge in [0.2, 0.25) is 5.75 Å². The molecule has 1 aromatic carbocycles. The number of hydrogen-bond donors (Lipinski definition) is 4. The van der Waals surface area contributed by atoms with E-state index in [1.165, 1.54) is 0 Å². The first kappa shape index (κ1) is 8.00. The van der Waals surface area contributed by atoms with E-state index < -0.39 is 17.2 Å². The van der Waals surface area contributed by atoms with E-state index in [-0.39, 0.29) is 10.2 Å². The van der Waals surface area contributed by atoms with Gasteiger partial charge in [-0.25, -0.2) is 0 Å². The van der Waals surface area contributed by atoms with Crippen LogP contribution in [0.2, 0.25) is 0 Å². The van der Waals surface area contributed by atoms with E-state index >= 15 is 0 Å². The lowest BCUT2D eigenvalue weighted by atomic mass is 10.3. The minimum Gasteiger partial charge on any atom is -0.506 e. The Morgan fingerprint density at radius 1 is 0.909 bits per heavy atom. The summed E-state index contributed by atoms with van der Waals surface area (Å²) in [6.45, 7) is 0. The third kappa shape index (κ3) is 1.19. The van der Waals surface area contributed by atoms with Crippen LogP contribution in [0.5, 0.6) is 23.0 Å². The second-order valence-electron chi connectivity index (χ2n) is 1.93. The van der Waals surface area contributed by atoms with Crippen molar-refractivity contribution in [1.29, 1.82) is 0 Å². The third-order valence-electron chi connectivity index (χ3n) is 1.17. The average molecular weight is 221 g/mol. The Kier molecular flexibility index (Phi) is 1.82. The number of halogens is 1. The fraction of sp³-hybridized carbons (Fsp3) is 0. The van der Waals surface area contributed by atoms with E-state index in [1.807, 2.05) is 0 Å². The molecule has 0 spiro atoms. The molecule has 1 aromatic rings. The average Bonchev–Trinajstić information content (AvgIpc) is 1.97. The predicted octanol–water partition coefficient (Wildman–Crippen LogP) is 1.27. The van der Waals surface area contributed by atoms with Crippen LogP contribution in [0.15, 0.2) is 10.5 Å². The molecule has 0 amide bonds. The highest BCUT2D eigenvalue weighted by atomic mass is 79.9. The first-order chi connectivity index (χ1) is 5.04. The summed E-state index contributed by atoms with van der Waals surface area (Å²) in [7, 11) is 0. The molecule has 0 radical (unpaired) electrons. The van der Waals surface area contributed by atoms with Crippen LogP contribution in [-0.4, -0.2) is 20.4 Å². The maximum absolute atomic E-state index is 8.95. The summed E-state index contributed by atoms with van der Waals surface area (Å²) in [4.78, 5) is 0. The fourth-order valence-electron chi connectivity index (χ4n) is 0.608. The van der Waals surface area contributed by atoms with Crippen molar-refractivity contribution in [1.82, 2.24) is 0 Å². The van der Waals surface area contributed by atoms with Gasteiger partial charge >= 0.3 is 0 Å². The van der Waals surface area contributed by atoms with Gasteiger partial charge in [-0.05, 0) is 15.9 Å². The van der Waals surface area contributed by atoms with Crippen LogP contribution in [0.25, 0.3) is 0 Å². The van der Waals surface area contributed by atoms with Crippen LogP contribution in [0.3, 0.4) is 0 Å². The summed E-state index contributed by atoms with van der Waals surface area (Å²) in [5.74, 6) is -2.14. The maximum Gasteiger partial charge on any atom is 0.201 e. The SMILES string of the molecule is Oc1cc(O)c(Br)c(O)c1O. The monoisotopic (exact) mass is 220 g/mol. The lowest BCUT2D eigenvalue weighted by Gasteiger charge is -2.03. The summed E-state index contributed by atoms with van der Waals surface area (Å²) in [5, 5.41) is 35.6. The van der Waals surface area contributed by atoms with Gasteiger partial charge in [-0.15, -0.1) is 0 Å². The quantitative estimate of drug-likeness (QED) is 0.392. The van der Waals surface area contributed by atoms with Gasteiger partial charge in [-0.3, -0.25) is 0 Å². The predicted molar refractivity (Wildman–Crippen MR) is 40.8 cm³/mol. The number of rotatable bonds is 0. The van der Waals surface area contributed by atoms with E-state index in [2.05, 4.69) is 15.9 Å². The Balaban J connectivity index is 3.46. The van der Waals surface area contributed by atoms with Gasteiger partial charge < -0.3 is 20.4 Å². The zero-order valence-electron chi connectivity index (χ0n) is 5.24. The van der Waals surface area contributed by atoms with Gasteiger partial charge in [0.15, 0.2) is 11.5 Å². The van der Waals surface area contributed by atoms with Crippen LogP contribution >= 0.6 is 15.9 Å². The van der Waals surface area contributed by atoms with Gasteiger partial charge in [-0.2, -0.15) is 0 Å². The van der Waals surface area contributed by atoms with Crippen molar-refractivity contribution in [2.24, 2.45) is 0 Å². The van der Waals surface area contributed by atoms with Crippen molar-refractivity contribution in [3.8, 4) is 23.0 Å². The molecule has 0 atom stereocenters. The summed E-state index contributed by atoms with van der Waals surface area (Å²) in [6, 6.07) is 0.916. The highest BCUT2D eigenvalue weighted by Gasteiger charge is 2.13. The van der Waals surface area contributed by atoms with Crippen molar-refractivity contribution >= 4 is 15.9 Å². The van der Waals surface area contributed by atoms with E-state index in [0.29, 0.717) is 0 Å². The molecule has 0 unspecified atom stereocenters. The molecule has 0 saturated carbocycles. The van der Waals surface area contributed by atoms with E-state index in [0.717, 1.165) is 6.07 Å². The summed E-state index contributed by atoms with van der Waals surface area (Å²) in [6.07, 6.45) is 0. The van der Waals surface area contributed by atoms with Crippen LogP contribution in [0.1, 0.15) is 0 Å². The Labute approximate surface area is 70.5 Å². The Hall–Kier alpha value is -1.10. The summed E-state index contributed by atoms with van der Waals surface area (Å²) < 4.78 is -0.0483. The van der Waals surface area contributed by atoms with Crippen LogP contribution in [0, 0.1) is 0 Å². The molecule has 11 heavy (non-hydrogen) atoms. The molecule has 0 aliphatic rings. The van der Waals surface area contributed by atoms with Gasteiger partial charge in [0.25, 0.3) is 0 Å². The molecule has 1 rings (SSSR count). The van der Waals surface area contributed by atoms with Crippen molar-refractivity contribution in [2.45, 2.75) is 0 Å². The standard InChI is InChI=1S/C6H5BrO4/c7-4-2(8)1-3(9)5(10)6(4)11/h1,8-11H. The van der Waals surface area contributed by atoms with Crippen LogP contribution in [0.4, 0.5) is 0 Å². The molecule has 0 aromatic heterocycles. The van der Waals surface area contributed by atoms with Gasteiger partial charge in [0.1, 0.15) is 10.2 Å². The van der Waals surface area contributed by atoms with Gasteiger partial charge in [-0.1, -0.05) is 0 Å². The van der Waals surface area contributed by atoms with Gasteiger partial charge in [0.05, 0.1) is 0 Å². The molecular weight excluding hydrogens is 216 g/mol. The Bertz CT molecular complexity index is 271. The smallest absolute Gasteiger partial charge is 0.201 e. The zero-order valence-corrected chi connectivity index (χ0v) is 6.83. The Morgan fingerprint density at radius 2 is 1.45 bits per heavy atom. The number of phenols is 4. The van der Waals surface area contributed by atoms with Crippen LogP contribution in [-0.2, 0) is 0 Å². The van der Waals surface area contributed by atoms with Crippen LogP contribution < -0.4 is 0 Å². The molecule has 0 saturated heterocycles. The molecule has 60 valence electrons. The second-order valence-corrected chi connectivity index (χ2v) is 2.72. The van der Waals surface area contributed by atoms with E-state index in [9.17, 15) is 0 Å². The summed E-state index contributed by atoms with van der Waals surface area (Å²) >= 11 is 2.79. The highest BCUT2D eigenvalue weighted by molar-refractivity contribution is 9.10. The highest BCUT2D eigenvalue weighted by Crippen LogP contribution is 2.45. The molecule has 0 bridgehead atoms. The molecule has 4 N–H and O–H groups in total. The molecule has 0 fully saturated rings. The minimum atomic E-state index is -0.658. The number of benzene rings is 1. The maximum atomic E-state index is 8.95. The first-order valence-electron chi connectivity index (χ1n) is 2.66. The molecule has 0 heterocycles.